The van der Waals surface area contributed by atoms with Crippen molar-refractivity contribution in [3.05, 3.63) is 46.8 Å². The molecule has 0 aliphatic carbocycles. The van der Waals surface area contributed by atoms with Crippen LogP contribution in [0, 0.1) is 11.6 Å². The summed E-state index contributed by atoms with van der Waals surface area (Å²) < 4.78 is 27.3. The molecule has 0 fully saturated rings. The average molecular weight is 282 g/mol. The van der Waals surface area contributed by atoms with Crippen LogP contribution < -0.4 is 5.73 Å². The molecule has 6 nitrogen and oxygen atoms in total. The van der Waals surface area contributed by atoms with Crippen LogP contribution in [0.25, 0.3) is 0 Å². The first-order chi connectivity index (χ1) is 9.52. The number of carboxylic acids is 1. The summed E-state index contributed by atoms with van der Waals surface area (Å²) in [4.78, 5) is 11.0. The van der Waals surface area contributed by atoms with E-state index < -0.39 is 17.6 Å². The van der Waals surface area contributed by atoms with Crippen molar-refractivity contribution < 1.29 is 18.7 Å². The van der Waals surface area contributed by atoms with E-state index in [-0.39, 0.29) is 25.2 Å². The molecule has 2 rings (SSSR count). The predicted octanol–water partition coefficient (Wildman–Crippen LogP) is 0.804. The second kappa shape index (κ2) is 5.74. The van der Waals surface area contributed by atoms with E-state index in [2.05, 4.69) is 10.3 Å². The topological polar surface area (TPSA) is 94.0 Å². The van der Waals surface area contributed by atoms with E-state index in [4.69, 9.17) is 10.8 Å². The summed E-state index contributed by atoms with van der Waals surface area (Å²) in [5.74, 6) is -3.12. The van der Waals surface area contributed by atoms with Crippen molar-refractivity contribution >= 4 is 5.97 Å². The second-order valence-electron chi connectivity index (χ2n) is 4.13. The molecule has 0 atom stereocenters. The normalized spacial score (nSPS) is 10.8. The molecule has 20 heavy (non-hydrogen) atoms. The van der Waals surface area contributed by atoms with E-state index in [0.29, 0.717) is 11.3 Å². The molecule has 0 amide bonds. The number of rotatable bonds is 5. The third-order valence-corrected chi connectivity index (χ3v) is 2.74. The summed E-state index contributed by atoms with van der Waals surface area (Å²) in [7, 11) is 0. The van der Waals surface area contributed by atoms with Crippen molar-refractivity contribution in [1.29, 1.82) is 0 Å². The summed E-state index contributed by atoms with van der Waals surface area (Å²) in [6.07, 6.45) is 0.276. The van der Waals surface area contributed by atoms with Gasteiger partial charge in [0, 0.05) is 6.42 Å². The van der Waals surface area contributed by atoms with Gasteiger partial charge in [-0.3, -0.25) is 0 Å². The molecule has 0 saturated carbocycles. The van der Waals surface area contributed by atoms with E-state index in [0.717, 1.165) is 12.1 Å². The molecule has 0 bridgehead atoms. The molecule has 1 aromatic carbocycles. The quantitative estimate of drug-likeness (QED) is 0.846. The van der Waals surface area contributed by atoms with Gasteiger partial charge in [-0.15, -0.1) is 5.10 Å². The zero-order valence-corrected chi connectivity index (χ0v) is 10.4. The maximum Gasteiger partial charge on any atom is 0.358 e. The van der Waals surface area contributed by atoms with Gasteiger partial charge in [0.25, 0.3) is 0 Å². The van der Waals surface area contributed by atoms with Crippen molar-refractivity contribution in [1.82, 2.24) is 15.0 Å². The first-order valence-electron chi connectivity index (χ1n) is 5.82. The highest BCUT2D eigenvalue weighted by Gasteiger charge is 2.18. The molecule has 2 aromatic rings. The van der Waals surface area contributed by atoms with Gasteiger partial charge in [0.15, 0.2) is 17.3 Å². The van der Waals surface area contributed by atoms with Gasteiger partial charge < -0.3 is 10.8 Å². The summed E-state index contributed by atoms with van der Waals surface area (Å²) in [5.41, 5.74) is 6.04. The van der Waals surface area contributed by atoms with Crippen LogP contribution in [0.1, 0.15) is 21.7 Å². The molecular formula is C12H12F2N4O2. The maximum atomic E-state index is 13.1. The minimum Gasteiger partial charge on any atom is -0.476 e. The lowest BCUT2D eigenvalue weighted by Gasteiger charge is -2.06. The summed E-state index contributed by atoms with van der Waals surface area (Å²) in [6, 6.07) is 3.43. The Labute approximate surface area is 112 Å². The average Bonchev–Trinajstić information content (AvgIpc) is 2.78. The Morgan fingerprint density at radius 2 is 2.10 bits per heavy atom. The van der Waals surface area contributed by atoms with Crippen LogP contribution in [0.4, 0.5) is 8.78 Å². The summed E-state index contributed by atoms with van der Waals surface area (Å²) in [5, 5.41) is 16.3. The first-order valence-corrected chi connectivity index (χ1v) is 5.82. The van der Waals surface area contributed by atoms with Crippen LogP contribution in [0.5, 0.6) is 0 Å². The molecule has 106 valence electrons. The lowest BCUT2D eigenvalue weighted by molar-refractivity contribution is 0.0689. The molecule has 0 spiro atoms. The first kappa shape index (κ1) is 14.1. The molecule has 8 heteroatoms. The van der Waals surface area contributed by atoms with Gasteiger partial charge in [-0.05, 0) is 24.2 Å². The summed E-state index contributed by atoms with van der Waals surface area (Å²) >= 11 is 0. The van der Waals surface area contributed by atoms with Crippen LogP contribution in [0.15, 0.2) is 18.2 Å². The second-order valence-corrected chi connectivity index (χ2v) is 4.13. The summed E-state index contributed by atoms with van der Waals surface area (Å²) in [6.45, 7) is 0.318. The number of hydrogen-bond donors (Lipinski definition) is 2. The number of aromatic nitrogens is 3. The highest BCUT2D eigenvalue weighted by Crippen LogP contribution is 2.13. The van der Waals surface area contributed by atoms with E-state index in [1.165, 1.54) is 10.7 Å². The fourth-order valence-electron chi connectivity index (χ4n) is 1.82. The molecule has 0 radical (unpaired) electrons. The van der Waals surface area contributed by atoms with Crippen molar-refractivity contribution in [2.24, 2.45) is 5.73 Å². The molecule has 1 heterocycles. The van der Waals surface area contributed by atoms with Gasteiger partial charge in [-0.2, -0.15) is 0 Å². The van der Waals surface area contributed by atoms with Crippen LogP contribution >= 0.6 is 0 Å². The standard InChI is InChI=1S/C12H12F2N4O2/c13-8-2-1-7(5-9(8)14)6-18-10(3-4-15)11(12(19)20)16-17-18/h1-2,5H,3-4,6,15H2,(H,19,20). The van der Waals surface area contributed by atoms with Crippen LogP contribution in [-0.4, -0.2) is 32.6 Å². The van der Waals surface area contributed by atoms with Crippen molar-refractivity contribution in [3.63, 3.8) is 0 Å². The zero-order valence-electron chi connectivity index (χ0n) is 10.4. The van der Waals surface area contributed by atoms with Crippen LogP contribution in [0.2, 0.25) is 0 Å². The fraction of sp³-hybridized carbons (Fsp3) is 0.250. The Morgan fingerprint density at radius 1 is 1.35 bits per heavy atom. The monoisotopic (exact) mass is 282 g/mol. The Kier molecular flexibility index (Phi) is 4.04. The van der Waals surface area contributed by atoms with Crippen LogP contribution in [0.3, 0.4) is 0 Å². The van der Waals surface area contributed by atoms with Crippen molar-refractivity contribution in [2.45, 2.75) is 13.0 Å². The van der Waals surface area contributed by atoms with E-state index in [1.54, 1.807) is 0 Å². The maximum absolute atomic E-state index is 13.1. The highest BCUT2D eigenvalue weighted by molar-refractivity contribution is 5.86. The van der Waals surface area contributed by atoms with Gasteiger partial charge in [-0.25, -0.2) is 18.3 Å². The van der Waals surface area contributed by atoms with Crippen molar-refractivity contribution in [3.8, 4) is 0 Å². The third-order valence-electron chi connectivity index (χ3n) is 2.74. The van der Waals surface area contributed by atoms with Crippen molar-refractivity contribution in [2.75, 3.05) is 6.54 Å². The van der Waals surface area contributed by atoms with Gasteiger partial charge in [-0.1, -0.05) is 11.3 Å². The Bertz CT molecular complexity index is 642. The predicted molar refractivity (Wildman–Crippen MR) is 65.2 cm³/mol. The van der Waals surface area contributed by atoms with Gasteiger partial charge in [0.05, 0.1) is 12.2 Å². The highest BCUT2D eigenvalue weighted by atomic mass is 19.2. The smallest absolute Gasteiger partial charge is 0.358 e. The molecule has 3 N–H and O–H groups in total. The molecule has 0 aliphatic heterocycles. The van der Waals surface area contributed by atoms with E-state index in [9.17, 15) is 13.6 Å². The Balaban J connectivity index is 2.32. The molecule has 0 saturated heterocycles. The van der Waals surface area contributed by atoms with Gasteiger partial charge >= 0.3 is 5.97 Å². The third kappa shape index (κ3) is 2.80. The minimum atomic E-state index is -1.20. The number of nitrogens with two attached hydrogens (primary N) is 1. The SMILES string of the molecule is NCCc1c(C(=O)O)nnn1Cc1ccc(F)c(F)c1. The van der Waals surface area contributed by atoms with Gasteiger partial charge in [0.1, 0.15) is 0 Å². The van der Waals surface area contributed by atoms with E-state index in [1.807, 2.05) is 0 Å². The number of aromatic carboxylic acids is 1. The number of nitrogens with zero attached hydrogens (tertiary/aromatic N) is 3. The largest absolute Gasteiger partial charge is 0.476 e. The Morgan fingerprint density at radius 3 is 2.70 bits per heavy atom. The van der Waals surface area contributed by atoms with Gasteiger partial charge in [0.2, 0.25) is 0 Å². The number of carbonyl (C=O) groups is 1. The molecule has 1 aromatic heterocycles. The fourth-order valence-corrected chi connectivity index (χ4v) is 1.82. The van der Waals surface area contributed by atoms with E-state index >= 15 is 0 Å². The number of benzene rings is 1. The molecular weight excluding hydrogens is 270 g/mol. The minimum absolute atomic E-state index is 0.0901. The molecule has 0 unspecified atom stereocenters. The number of carboxylic acid groups (broad SMARTS) is 1. The molecule has 0 aliphatic rings. The van der Waals surface area contributed by atoms with Crippen LogP contribution in [-0.2, 0) is 13.0 Å². The number of halogens is 2. The Hall–Kier alpha value is -2.35. The lowest BCUT2D eigenvalue weighted by atomic mass is 10.2. The zero-order chi connectivity index (χ0) is 14.7. The number of hydrogen-bond acceptors (Lipinski definition) is 4. The lowest BCUT2D eigenvalue weighted by Crippen LogP contribution is -2.14.